The highest BCUT2D eigenvalue weighted by Gasteiger charge is 2.21. The number of hydrogen-bond donors (Lipinski definition) is 0. The van der Waals surface area contributed by atoms with Gasteiger partial charge in [-0.2, -0.15) is 0 Å². The van der Waals surface area contributed by atoms with Gasteiger partial charge in [0.2, 0.25) is 0 Å². The molecule has 81 heavy (non-hydrogen) atoms. The number of hydrogen-bond acceptors (Lipinski definition) is 1. The first-order valence-electron chi connectivity index (χ1n) is 27.8. The maximum Gasteiger partial charge on any atom is 0.0619 e. The van der Waals surface area contributed by atoms with Crippen LogP contribution in [0.4, 0.5) is 17.1 Å². The summed E-state index contributed by atoms with van der Waals surface area (Å²) in [6, 6.07) is 117. The smallest absolute Gasteiger partial charge is 0.0619 e. The lowest BCUT2D eigenvalue weighted by Crippen LogP contribution is -2.09. The van der Waals surface area contributed by atoms with Gasteiger partial charge < -0.3 is 14.0 Å². The number of benzene rings is 13. The second-order valence-electron chi connectivity index (χ2n) is 20.9. The summed E-state index contributed by atoms with van der Waals surface area (Å²) in [4.78, 5) is 2.36. The fourth-order valence-electron chi connectivity index (χ4n) is 12.2. The van der Waals surface area contributed by atoms with E-state index in [4.69, 9.17) is 0 Å². The van der Waals surface area contributed by atoms with E-state index in [2.05, 4.69) is 336 Å². The molecular weight excluding hydrogens is 979 g/mol. The largest absolute Gasteiger partial charge is 0.311 e. The molecule has 3 nitrogen and oxygen atoms in total. The van der Waals surface area contributed by atoms with E-state index in [0.717, 1.165) is 45.1 Å². The normalized spacial score (nSPS) is 11.5. The van der Waals surface area contributed by atoms with Crippen LogP contribution in [-0.2, 0) is 0 Å². The van der Waals surface area contributed by atoms with Crippen LogP contribution in [0.2, 0.25) is 0 Å². The van der Waals surface area contributed by atoms with Crippen LogP contribution >= 0.6 is 0 Å². The number of fused-ring (bicyclic) bond motifs is 6. The van der Waals surface area contributed by atoms with Crippen molar-refractivity contribution in [2.45, 2.75) is 0 Å². The molecule has 0 fully saturated rings. The quantitative estimate of drug-likeness (QED) is 0.126. The summed E-state index contributed by atoms with van der Waals surface area (Å²) in [7, 11) is 0. The predicted octanol–water partition coefficient (Wildman–Crippen LogP) is 21.4. The van der Waals surface area contributed by atoms with Gasteiger partial charge in [0.1, 0.15) is 0 Å². The van der Waals surface area contributed by atoms with Crippen molar-refractivity contribution in [1.82, 2.24) is 9.13 Å². The minimum absolute atomic E-state index is 1.08. The van der Waals surface area contributed by atoms with Crippen molar-refractivity contribution < 1.29 is 0 Å². The van der Waals surface area contributed by atoms with Gasteiger partial charge in [-0.15, -0.1) is 0 Å². The SMILES string of the molecule is c1ccc(-c2ccc(N(c3ccc(-c4ccccc4)cc3)c3ccc(-c4cc(-c5ccc(-n6c7ccc(-c8ccccc8)cc7c7cc(-c8ccccc8)ccc76)cc5)c5c(c4)c4ccccc4n5-c4ccccc4)cc3)cc2)cc1. The Morgan fingerprint density at radius 1 is 0.198 bits per heavy atom. The van der Waals surface area contributed by atoms with Crippen LogP contribution in [-0.4, -0.2) is 9.13 Å². The lowest BCUT2D eigenvalue weighted by Gasteiger charge is -2.26. The van der Waals surface area contributed by atoms with E-state index in [1.807, 2.05) is 0 Å². The number of para-hydroxylation sites is 2. The molecule has 0 aliphatic carbocycles. The second kappa shape index (κ2) is 20.2. The van der Waals surface area contributed by atoms with E-state index in [0.29, 0.717) is 0 Å². The van der Waals surface area contributed by atoms with E-state index < -0.39 is 0 Å². The summed E-state index contributed by atoms with van der Waals surface area (Å²) in [5.41, 5.74) is 24.4. The third-order valence-electron chi connectivity index (χ3n) is 16.1. The van der Waals surface area contributed by atoms with Crippen molar-refractivity contribution >= 4 is 60.7 Å². The van der Waals surface area contributed by atoms with Crippen LogP contribution in [0, 0.1) is 0 Å². The molecule has 0 amide bonds. The van der Waals surface area contributed by atoms with Gasteiger partial charge in [-0.3, -0.25) is 0 Å². The molecule has 0 saturated heterocycles. The van der Waals surface area contributed by atoms with Crippen molar-refractivity contribution in [2.75, 3.05) is 4.90 Å². The zero-order valence-electron chi connectivity index (χ0n) is 44.4. The van der Waals surface area contributed by atoms with Crippen molar-refractivity contribution in [3.8, 4) is 78.1 Å². The molecule has 0 radical (unpaired) electrons. The van der Waals surface area contributed by atoms with Crippen LogP contribution in [0.5, 0.6) is 0 Å². The Labute approximate surface area is 471 Å². The molecule has 0 atom stereocenters. The van der Waals surface area contributed by atoms with Gasteiger partial charge in [-0.25, -0.2) is 0 Å². The monoisotopic (exact) mass is 1030 g/mol. The molecule has 0 spiro atoms. The number of rotatable bonds is 11. The van der Waals surface area contributed by atoms with Crippen LogP contribution in [0.25, 0.3) is 122 Å². The Morgan fingerprint density at radius 3 is 1.00 bits per heavy atom. The highest BCUT2D eigenvalue weighted by molar-refractivity contribution is 6.16. The first kappa shape index (κ1) is 47.5. The van der Waals surface area contributed by atoms with Gasteiger partial charge in [0.15, 0.2) is 0 Å². The molecule has 0 N–H and O–H groups in total. The lowest BCUT2D eigenvalue weighted by molar-refractivity contribution is 1.17. The molecule has 0 bridgehead atoms. The van der Waals surface area contributed by atoms with E-state index in [1.54, 1.807) is 0 Å². The Hall–Kier alpha value is -10.7. The molecule has 2 heterocycles. The van der Waals surface area contributed by atoms with E-state index in [1.165, 1.54) is 93.7 Å². The zero-order chi connectivity index (χ0) is 53.6. The molecule has 380 valence electrons. The molecule has 2 aromatic heterocycles. The number of nitrogens with zero attached hydrogens (tertiary/aromatic N) is 3. The van der Waals surface area contributed by atoms with Crippen LogP contribution in [0.15, 0.2) is 322 Å². The fraction of sp³-hybridized carbons (Fsp3) is 0. The summed E-state index contributed by atoms with van der Waals surface area (Å²) in [6.45, 7) is 0. The van der Waals surface area contributed by atoms with Crippen molar-refractivity contribution in [3.63, 3.8) is 0 Å². The fourth-order valence-corrected chi connectivity index (χ4v) is 12.2. The van der Waals surface area contributed by atoms with Gasteiger partial charge in [0.25, 0.3) is 0 Å². The van der Waals surface area contributed by atoms with Gasteiger partial charge in [0.05, 0.1) is 22.1 Å². The summed E-state index contributed by atoms with van der Waals surface area (Å²) in [6.07, 6.45) is 0. The molecule has 0 aliphatic rings. The molecule has 13 aromatic carbocycles. The lowest BCUT2D eigenvalue weighted by atomic mass is 9.95. The van der Waals surface area contributed by atoms with E-state index >= 15 is 0 Å². The standard InChI is InChI=1S/C78H53N3/c1-6-18-54(19-7-1)58-30-40-66(41-31-58)79(67-42-32-59(33-43-67)55-20-8-2-9-21-55)68-44-34-60(35-45-68)64-52-71(78-74(53-64)70-28-16-17-29-75(70)81(78)65-26-14-5-15-27-65)61-36-46-69(47-37-61)80-76-48-38-62(56-22-10-3-11-23-56)50-72(76)73-51-63(39-49-77(73)80)57-24-12-4-13-25-57/h1-53H. The van der Waals surface area contributed by atoms with E-state index in [9.17, 15) is 0 Å². The Bertz CT molecular complexity index is 4540. The minimum atomic E-state index is 1.08. The molecule has 15 rings (SSSR count). The van der Waals surface area contributed by atoms with Gasteiger partial charge in [0, 0.05) is 55.5 Å². The van der Waals surface area contributed by atoms with Crippen LogP contribution < -0.4 is 4.90 Å². The van der Waals surface area contributed by atoms with Gasteiger partial charge >= 0.3 is 0 Å². The first-order chi connectivity index (χ1) is 40.2. The minimum Gasteiger partial charge on any atom is -0.311 e. The molecule has 0 aliphatic heterocycles. The Kier molecular flexibility index (Phi) is 11.9. The highest BCUT2D eigenvalue weighted by Crippen LogP contribution is 2.44. The Balaban J connectivity index is 0.865. The average Bonchev–Trinajstić information content (AvgIpc) is 4.30. The first-order valence-corrected chi connectivity index (χ1v) is 27.8. The topological polar surface area (TPSA) is 13.1 Å². The summed E-state index contributed by atoms with van der Waals surface area (Å²) < 4.78 is 4.89. The third kappa shape index (κ3) is 8.66. The summed E-state index contributed by atoms with van der Waals surface area (Å²) >= 11 is 0. The molecule has 15 aromatic rings. The summed E-state index contributed by atoms with van der Waals surface area (Å²) in [5.74, 6) is 0. The predicted molar refractivity (Wildman–Crippen MR) is 342 cm³/mol. The van der Waals surface area contributed by atoms with Crippen LogP contribution in [0.3, 0.4) is 0 Å². The number of anilines is 3. The molecule has 0 saturated carbocycles. The third-order valence-corrected chi connectivity index (χ3v) is 16.1. The Morgan fingerprint density at radius 2 is 0.531 bits per heavy atom. The number of aromatic nitrogens is 2. The zero-order valence-corrected chi connectivity index (χ0v) is 44.4. The maximum absolute atomic E-state index is 2.45. The van der Waals surface area contributed by atoms with Gasteiger partial charge in [-0.1, -0.05) is 218 Å². The maximum atomic E-state index is 2.45. The highest BCUT2D eigenvalue weighted by atomic mass is 15.1. The second-order valence-corrected chi connectivity index (χ2v) is 20.9. The van der Waals surface area contributed by atoms with Crippen molar-refractivity contribution in [1.29, 1.82) is 0 Å². The van der Waals surface area contributed by atoms with Crippen LogP contribution in [0.1, 0.15) is 0 Å². The molecule has 3 heteroatoms. The summed E-state index contributed by atoms with van der Waals surface area (Å²) in [5, 5.41) is 4.88. The van der Waals surface area contributed by atoms with Crippen molar-refractivity contribution in [2.24, 2.45) is 0 Å². The van der Waals surface area contributed by atoms with Gasteiger partial charge in [-0.05, 0) is 164 Å². The molecular formula is C78H53N3. The molecule has 0 unspecified atom stereocenters. The average molecular weight is 1030 g/mol. The van der Waals surface area contributed by atoms with Crippen molar-refractivity contribution in [3.05, 3.63) is 322 Å². The van der Waals surface area contributed by atoms with E-state index in [-0.39, 0.29) is 0 Å².